The third-order valence-electron chi connectivity index (χ3n) is 11.3. The fraction of sp³-hybridized carbons (Fsp3) is 0.117. The fourth-order valence-corrected chi connectivity index (χ4v) is 8.63. The van der Waals surface area contributed by atoms with E-state index in [0.717, 1.165) is 33.0 Å². The predicted octanol–water partition coefficient (Wildman–Crippen LogP) is 14.2. The summed E-state index contributed by atoms with van der Waals surface area (Å²) in [7, 11) is 0. The summed E-state index contributed by atoms with van der Waals surface area (Å²) in [6, 6.07) is 36.1. The molecule has 7 heteroatoms. The topological polar surface area (TPSA) is 48.8 Å². The zero-order chi connectivity index (χ0) is 55.4. The zero-order valence-corrected chi connectivity index (χ0v) is 39.3. The maximum atomic E-state index is 9.12. The molecule has 0 radical (unpaired) electrons. The summed E-state index contributed by atoms with van der Waals surface area (Å²) < 4.78 is 118. The van der Waals surface area contributed by atoms with Gasteiger partial charge in [-0.15, -0.1) is 23.6 Å². The Kier molecular flexibility index (Phi) is 8.35. The molecule has 0 saturated heterocycles. The van der Waals surface area contributed by atoms with E-state index in [0.29, 0.717) is 39.4 Å². The zero-order valence-electron chi connectivity index (χ0n) is 49.0. The molecular formula is C60H47N5OPt-2. The maximum absolute atomic E-state index is 9.12. The summed E-state index contributed by atoms with van der Waals surface area (Å²) in [5.41, 5.74) is 5.38. The number of para-hydroxylation sites is 4. The van der Waals surface area contributed by atoms with E-state index >= 15 is 0 Å². The molecule has 0 N–H and O–H groups in total. The maximum Gasteiger partial charge on any atom is 0.269 e. The number of nitrogens with zero attached hydrogens (tertiary/aromatic N) is 5. The second-order valence-electron chi connectivity index (χ2n) is 17.0. The predicted molar refractivity (Wildman–Crippen MR) is 267 cm³/mol. The van der Waals surface area contributed by atoms with E-state index < -0.39 is 72.2 Å². The van der Waals surface area contributed by atoms with Crippen molar-refractivity contribution in [1.82, 2.24) is 19.1 Å². The molecule has 0 atom stereocenters. The first kappa shape index (κ1) is 31.5. The van der Waals surface area contributed by atoms with Gasteiger partial charge in [-0.25, -0.2) is 4.98 Å². The Morgan fingerprint density at radius 3 is 2.04 bits per heavy atom. The van der Waals surface area contributed by atoms with E-state index in [1.165, 1.54) is 0 Å². The van der Waals surface area contributed by atoms with E-state index in [4.69, 9.17) is 31.2 Å². The number of benzene rings is 7. The summed E-state index contributed by atoms with van der Waals surface area (Å²) in [4.78, 5) is 9.98. The van der Waals surface area contributed by atoms with Gasteiger partial charge in [-0.3, -0.25) is 14.1 Å². The quantitative estimate of drug-likeness (QED) is 0.107. The molecule has 0 aliphatic carbocycles. The van der Waals surface area contributed by atoms with Crippen LogP contribution in [0.5, 0.6) is 11.5 Å². The number of fused-ring (bicyclic) bond motifs is 4. The number of pyridine rings is 2. The first-order valence-corrected chi connectivity index (χ1v) is 21.4. The normalized spacial score (nSPS) is 14.3. The molecule has 11 rings (SSSR count). The average molecular weight is 1060 g/mol. The van der Waals surface area contributed by atoms with Crippen LogP contribution in [0, 0.1) is 37.7 Å². The second kappa shape index (κ2) is 17.8. The van der Waals surface area contributed by atoms with Crippen LogP contribution in [0.3, 0.4) is 0 Å². The molecule has 4 heterocycles. The van der Waals surface area contributed by atoms with Crippen molar-refractivity contribution in [3.05, 3.63) is 217 Å². The molecule has 0 fully saturated rings. The third kappa shape index (κ3) is 8.28. The monoisotopic (exact) mass is 1060 g/mol. The van der Waals surface area contributed by atoms with Gasteiger partial charge in [-0.1, -0.05) is 166 Å². The Hall–Kier alpha value is -7.40. The summed E-state index contributed by atoms with van der Waals surface area (Å²) in [6.07, 6.45) is 3.35. The summed E-state index contributed by atoms with van der Waals surface area (Å²) >= 11 is 0. The first-order valence-electron chi connectivity index (χ1n) is 27.4. The van der Waals surface area contributed by atoms with Gasteiger partial charge in [-0.2, -0.15) is 12.1 Å². The van der Waals surface area contributed by atoms with Crippen molar-refractivity contribution < 1.29 is 46.8 Å². The van der Waals surface area contributed by atoms with Crippen molar-refractivity contribution >= 4 is 32.8 Å². The van der Waals surface area contributed by atoms with Crippen LogP contribution in [0.2, 0.25) is 0 Å². The minimum atomic E-state index is -1.69. The van der Waals surface area contributed by atoms with Gasteiger partial charge in [0.25, 0.3) is 6.33 Å². The van der Waals surface area contributed by atoms with Gasteiger partial charge < -0.3 is 9.30 Å². The molecular weight excluding hydrogens is 1000 g/mol. The summed E-state index contributed by atoms with van der Waals surface area (Å²) in [6.45, 7) is 9.57. The van der Waals surface area contributed by atoms with Gasteiger partial charge in [0.05, 0.1) is 36.2 Å². The van der Waals surface area contributed by atoms with Crippen molar-refractivity contribution in [3.8, 4) is 62.3 Å². The Labute approximate surface area is 422 Å². The van der Waals surface area contributed by atoms with Crippen molar-refractivity contribution in [2.45, 2.75) is 41.0 Å². The minimum absolute atomic E-state index is 0. The van der Waals surface area contributed by atoms with Crippen LogP contribution in [0.1, 0.15) is 53.9 Å². The molecule has 6 nitrogen and oxygen atoms in total. The summed E-state index contributed by atoms with van der Waals surface area (Å²) in [5, 5.41) is 1.80. The number of imidazole rings is 1. The van der Waals surface area contributed by atoms with Gasteiger partial charge in [0.1, 0.15) is 5.82 Å². The standard InChI is InChI=1S/C60H47N5O.Pt/c1-40-18-16-19-41(2)58(40)51-35-46(66-45-30-31-50-49-24-12-13-27-52(49)65(55(50)36-45)56-34-42(32-33-61-56)38-60(3,4)5)37-57(62-51)63-39-64(54-29-15-14-28-53(54)63)59-47(43-20-8-6-9-21-43)25-17-26-48(59)44-22-10-7-11-23-44;/h6-35H,38H2,1-5H3;/q-2;/i6D,7D,8D,9D,10D,11D,20D,21D,22D,23D,38D2;. The molecule has 67 heavy (non-hydrogen) atoms. The molecule has 0 saturated carbocycles. The fourth-order valence-electron chi connectivity index (χ4n) is 8.63. The van der Waals surface area contributed by atoms with Gasteiger partial charge in [-0.05, 0) is 105 Å². The Bertz CT molecular complexity index is 4150. The number of rotatable bonds is 9. The van der Waals surface area contributed by atoms with Crippen LogP contribution >= 0.6 is 0 Å². The minimum Gasteiger partial charge on any atom is -0.522 e. The van der Waals surface area contributed by atoms with Crippen molar-refractivity contribution in [2.75, 3.05) is 0 Å². The van der Waals surface area contributed by atoms with Gasteiger partial charge in [0.15, 0.2) is 0 Å². The summed E-state index contributed by atoms with van der Waals surface area (Å²) in [5.74, 6) is 1.27. The number of ether oxygens (including phenoxy) is 1. The third-order valence-corrected chi connectivity index (χ3v) is 11.3. The molecule has 0 aliphatic rings. The Morgan fingerprint density at radius 1 is 0.687 bits per heavy atom. The van der Waals surface area contributed by atoms with Gasteiger partial charge >= 0.3 is 0 Å². The van der Waals surface area contributed by atoms with E-state index in [-0.39, 0.29) is 60.6 Å². The Balaban J connectivity index is 0.00000704. The molecule has 0 spiro atoms. The number of hydrogen-bond donors (Lipinski definition) is 0. The van der Waals surface area contributed by atoms with Crippen LogP contribution in [0.15, 0.2) is 182 Å². The smallest absolute Gasteiger partial charge is 0.269 e. The number of aryl methyl sites for hydroxylation is 2. The first-order chi connectivity index (χ1) is 37.1. The van der Waals surface area contributed by atoms with E-state index in [2.05, 4.69) is 18.5 Å². The van der Waals surface area contributed by atoms with Crippen LogP contribution in [-0.4, -0.2) is 19.1 Å². The van der Waals surface area contributed by atoms with Gasteiger partial charge in [0, 0.05) is 41.3 Å². The Morgan fingerprint density at radius 2 is 1.34 bits per heavy atom. The van der Waals surface area contributed by atoms with Crippen molar-refractivity contribution in [2.24, 2.45) is 5.41 Å². The van der Waals surface area contributed by atoms with Crippen LogP contribution in [0.25, 0.3) is 83.7 Å². The molecule has 0 aliphatic heterocycles. The van der Waals surface area contributed by atoms with Crippen LogP contribution in [-0.2, 0) is 27.4 Å². The van der Waals surface area contributed by atoms with E-state index in [1.54, 1.807) is 63.9 Å². The van der Waals surface area contributed by atoms with Crippen LogP contribution < -0.4 is 9.30 Å². The molecule has 4 aromatic heterocycles. The largest absolute Gasteiger partial charge is 0.522 e. The SMILES string of the molecule is [2H]c1c([2H])c([2H])c(-c2cccc(-c3c([2H])c([2H])c([2H])c([2H])c3[2H])c2-[n+]2[c-]n(-c3[c-]c(Oc4[c-]c5c(cc4)c4ccccc4n5-c4cc(C([2H])([2H])C(C)(C)C)ccn4)cc(-c4c(C)cccc4C)n3)c3ccccc32)c([2H])c1[2H].[Pt]. The molecule has 0 amide bonds. The number of hydrogen-bond acceptors (Lipinski definition) is 3. The molecule has 0 unspecified atom stereocenters. The number of aromatic nitrogens is 5. The molecule has 0 bridgehead atoms. The molecule has 7 aromatic carbocycles. The van der Waals surface area contributed by atoms with E-state index in [1.807, 2.05) is 106 Å². The van der Waals surface area contributed by atoms with Crippen LogP contribution in [0.4, 0.5) is 0 Å². The van der Waals surface area contributed by atoms with Crippen molar-refractivity contribution in [3.63, 3.8) is 0 Å². The molecule has 11 aromatic rings. The van der Waals surface area contributed by atoms with Gasteiger partial charge in [0.2, 0.25) is 0 Å². The van der Waals surface area contributed by atoms with E-state index in [9.17, 15) is 0 Å². The van der Waals surface area contributed by atoms with Crippen molar-refractivity contribution in [1.29, 1.82) is 0 Å². The average Bonchev–Trinajstić information content (AvgIpc) is 4.24. The second-order valence-corrected chi connectivity index (χ2v) is 17.0. The molecule has 330 valence electrons.